The second-order valence-corrected chi connectivity index (χ2v) is 11.2. The number of amides is 2. The van der Waals surface area contributed by atoms with Gasteiger partial charge in [0.25, 0.3) is 5.91 Å². The van der Waals surface area contributed by atoms with Gasteiger partial charge in [0, 0.05) is 32.8 Å². The van der Waals surface area contributed by atoms with Gasteiger partial charge in [0.2, 0.25) is 5.91 Å². The zero-order valence-electron chi connectivity index (χ0n) is 19.5. The van der Waals surface area contributed by atoms with Crippen LogP contribution in [0.15, 0.2) is 24.3 Å². The van der Waals surface area contributed by atoms with Gasteiger partial charge in [-0.15, -0.1) is 0 Å². The highest BCUT2D eigenvalue weighted by molar-refractivity contribution is 5.97. The van der Waals surface area contributed by atoms with Crippen LogP contribution in [0.4, 0.5) is 0 Å². The summed E-state index contributed by atoms with van der Waals surface area (Å²) < 4.78 is 11.6. The fraction of sp³-hybridized carbons (Fsp3) is 0.704. The van der Waals surface area contributed by atoms with E-state index in [1.165, 1.54) is 19.3 Å². The Morgan fingerprint density at radius 3 is 2.21 bits per heavy atom. The fourth-order valence-electron chi connectivity index (χ4n) is 7.72. The third kappa shape index (κ3) is 4.05. The number of nitrogens with zero attached hydrogens (tertiary/aromatic N) is 2. The lowest BCUT2D eigenvalue weighted by Crippen LogP contribution is -2.58. The highest BCUT2D eigenvalue weighted by atomic mass is 16.5. The molecule has 33 heavy (non-hydrogen) atoms. The summed E-state index contributed by atoms with van der Waals surface area (Å²) in [6.07, 6.45) is 9.56. The number of para-hydroxylation sites is 1. The maximum atomic E-state index is 13.7. The zero-order chi connectivity index (χ0) is 22.4. The lowest BCUT2D eigenvalue weighted by Gasteiger charge is -2.57. The van der Waals surface area contributed by atoms with Crippen molar-refractivity contribution in [2.75, 3.05) is 39.4 Å². The van der Waals surface area contributed by atoms with Gasteiger partial charge in [-0.3, -0.25) is 9.59 Å². The van der Waals surface area contributed by atoms with Crippen LogP contribution in [0.25, 0.3) is 0 Å². The van der Waals surface area contributed by atoms with Crippen LogP contribution in [0.5, 0.6) is 5.75 Å². The molecule has 6 fully saturated rings. The van der Waals surface area contributed by atoms with Gasteiger partial charge < -0.3 is 19.3 Å². The van der Waals surface area contributed by atoms with Gasteiger partial charge in [0.05, 0.1) is 17.1 Å². The minimum Gasteiger partial charge on any atom is -0.490 e. The highest BCUT2D eigenvalue weighted by Crippen LogP contribution is 2.60. The molecule has 0 spiro atoms. The third-order valence-electron chi connectivity index (χ3n) is 8.91. The molecule has 2 heterocycles. The predicted molar refractivity (Wildman–Crippen MR) is 124 cm³/mol. The van der Waals surface area contributed by atoms with E-state index in [1.807, 2.05) is 29.2 Å². The van der Waals surface area contributed by atoms with Gasteiger partial charge in [-0.05, 0) is 81.3 Å². The Morgan fingerprint density at radius 2 is 1.58 bits per heavy atom. The first-order chi connectivity index (χ1) is 16.1. The largest absolute Gasteiger partial charge is 0.490 e. The summed E-state index contributed by atoms with van der Waals surface area (Å²) in [5.74, 6) is 3.33. The van der Waals surface area contributed by atoms with Crippen LogP contribution in [0, 0.1) is 23.2 Å². The van der Waals surface area contributed by atoms with Crippen molar-refractivity contribution in [1.29, 1.82) is 0 Å². The van der Waals surface area contributed by atoms with E-state index >= 15 is 0 Å². The highest BCUT2D eigenvalue weighted by Gasteiger charge is 2.55. The van der Waals surface area contributed by atoms with Crippen molar-refractivity contribution >= 4 is 11.8 Å². The fourth-order valence-corrected chi connectivity index (χ4v) is 7.72. The Hall–Kier alpha value is -2.08. The monoisotopic (exact) mass is 452 g/mol. The molecular formula is C27H36N2O4. The molecular weight excluding hydrogens is 416 g/mol. The number of carbonyl (C=O) groups is 2. The van der Waals surface area contributed by atoms with Crippen molar-refractivity contribution in [1.82, 2.24) is 9.80 Å². The van der Waals surface area contributed by atoms with Crippen molar-refractivity contribution in [3.8, 4) is 5.75 Å². The summed E-state index contributed by atoms with van der Waals surface area (Å²) in [5, 5.41) is 0. The maximum Gasteiger partial charge on any atom is 0.257 e. The van der Waals surface area contributed by atoms with Crippen LogP contribution in [-0.4, -0.2) is 67.1 Å². The minimum absolute atomic E-state index is 0.000145. The Bertz CT molecular complexity index is 866. The molecule has 2 amide bonds. The molecule has 1 atom stereocenters. The molecule has 2 saturated heterocycles. The molecule has 7 rings (SSSR count). The molecule has 6 nitrogen and oxygen atoms in total. The van der Waals surface area contributed by atoms with Crippen molar-refractivity contribution in [3.63, 3.8) is 0 Å². The standard InChI is InChI=1S/C27H36N2O4/c30-25(23-5-1-2-6-24(23)33-18-22-4-3-11-32-22)28-7-9-29(10-8-28)26(31)27-15-19-12-20(16-27)14-21(13-19)17-27/h1-2,5-6,19-22H,3-4,7-18H2. The first-order valence-corrected chi connectivity index (χ1v) is 13.0. The summed E-state index contributed by atoms with van der Waals surface area (Å²) in [4.78, 5) is 30.9. The summed E-state index contributed by atoms with van der Waals surface area (Å²) in [7, 11) is 0. The Balaban J connectivity index is 1.08. The number of rotatable bonds is 5. The SMILES string of the molecule is O=C(c1ccccc1OCC1CCCO1)N1CCN(C(=O)C23CC4CC(CC(C4)C2)C3)CC1. The Labute approximate surface area is 196 Å². The number of benzene rings is 1. The molecule has 2 aliphatic heterocycles. The smallest absolute Gasteiger partial charge is 0.257 e. The van der Waals surface area contributed by atoms with E-state index < -0.39 is 0 Å². The summed E-state index contributed by atoms with van der Waals surface area (Å²) in [6, 6.07) is 7.51. The third-order valence-corrected chi connectivity index (χ3v) is 8.91. The maximum absolute atomic E-state index is 13.7. The number of carbonyl (C=O) groups excluding carboxylic acids is 2. The Morgan fingerprint density at radius 1 is 0.939 bits per heavy atom. The van der Waals surface area contributed by atoms with E-state index in [1.54, 1.807) is 0 Å². The van der Waals surface area contributed by atoms with E-state index in [4.69, 9.17) is 9.47 Å². The Kier molecular flexibility index (Phi) is 5.60. The molecule has 4 saturated carbocycles. The number of hydrogen-bond donors (Lipinski definition) is 0. The van der Waals surface area contributed by atoms with Gasteiger partial charge in [0.1, 0.15) is 12.4 Å². The van der Waals surface area contributed by atoms with Gasteiger partial charge in [-0.25, -0.2) is 0 Å². The molecule has 1 unspecified atom stereocenters. The molecule has 0 aromatic heterocycles. The van der Waals surface area contributed by atoms with Crippen molar-refractivity contribution < 1.29 is 19.1 Å². The molecule has 6 heteroatoms. The molecule has 4 bridgehead atoms. The normalized spacial score (nSPS) is 35.2. The zero-order valence-corrected chi connectivity index (χ0v) is 19.5. The van der Waals surface area contributed by atoms with Crippen molar-refractivity contribution in [2.24, 2.45) is 23.2 Å². The van der Waals surface area contributed by atoms with Crippen LogP contribution in [0.3, 0.4) is 0 Å². The summed E-state index contributed by atoms with van der Waals surface area (Å²) in [5.41, 5.74) is 0.514. The number of ether oxygens (including phenoxy) is 2. The van der Waals surface area contributed by atoms with Crippen LogP contribution in [0.1, 0.15) is 61.7 Å². The van der Waals surface area contributed by atoms with Crippen LogP contribution in [0.2, 0.25) is 0 Å². The average molecular weight is 453 g/mol. The quantitative estimate of drug-likeness (QED) is 0.683. The lowest BCUT2D eigenvalue weighted by molar-refractivity contribution is -0.159. The first kappa shape index (κ1) is 21.5. The van der Waals surface area contributed by atoms with Gasteiger partial charge in [-0.1, -0.05) is 12.1 Å². The van der Waals surface area contributed by atoms with E-state index in [9.17, 15) is 9.59 Å². The molecule has 1 aromatic rings. The topological polar surface area (TPSA) is 59.1 Å². The second kappa shape index (κ2) is 8.61. The summed E-state index contributed by atoms with van der Waals surface area (Å²) >= 11 is 0. The van der Waals surface area contributed by atoms with Gasteiger partial charge >= 0.3 is 0 Å². The molecule has 6 aliphatic rings. The lowest BCUT2D eigenvalue weighted by atomic mass is 9.49. The molecule has 0 N–H and O–H groups in total. The van der Waals surface area contributed by atoms with E-state index in [0.29, 0.717) is 50.0 Å². The molecule has 0 radical (unpaired) electrons. The van der Waals surface area contributed by atoms with Crippen LogP contribution < -0.4 is 4.74 Å². The van der Waals surface area contributed by atoms with E-state index in [-0.39, 0.29) is 17.4 Å². The van der Waals surface area contributed by atoms with Crippen molar-refractivity contribution in [3.05, 3.63) is 29.8 Å². The number of hydrogen-bond acceptors (Lipinski definition) is 4. The minimum atomic E-state index is -0.0936. The molecule has 178 valence electrons. The van der Waals surface area contributed by atoms with Gasteiger partial charge in [0.15, 0.2) is 0 Å². The molecule has 1 aromatic carbocycles. The number of piperazine rings is 1. The predicted octanol–water partition coefficient (Wildman–Crippen LogP) is 3.75. The summed E-state index contributed by atoms with van der Waals surface area (Å²) in [6.45, 7) is 3.75. The van der Waals surface area contributed by atoms with E-state index in [2.05, 4.69) is 4.90 Å². The van der Waals surface area contributed by atoms with Crippen LogP contribution >= 0.6 is 0 Å². The van der Waals surface area contributed by atoms with Crippen molar-refractivity contribution in [2.45, 2.75) is 57.5 Å². The van der Waals surface area contributed by atoms with Crippen LogP contribution in [-0.2, 0) is 9.53 Å². The van der Waals surface area contributed by atoms with Gasteiger partial charge in [-0.2, -0.15) is 0 Å². The first-order valence-electron chi connectivity index (χ1n) is 13.0. The second-order valence-electron chi connectivity index (χ2n) is 11.2. The molecule has 4 aliphatic carbocycles. The average Bonchev–Trinajstić information content (AvgIpc) is 3.35. The van der Waals surface area contributed by atoms with E-state index in [0.717, 1.165) is 56.5 Å².